The first-order valence-corrected chi connectivity index (χ1v) is 5.62. The van der Waals surface area contributed by atoms with Crippen LogP contribution in [0.25, 0.3) is 0 Å². The highest BCUT2D eigenvalue weighted by atomic mass is 19.4. The lowest BCUT2D eigenvalue weighted by Gasteiger charge is -2.11. The van der Waals surface area contributed by atoms with Crippen molar-refractivity contribution in [1.29, 1.82) is 0 Å². The van der Waals surface area contributed by atoms with Crippen molar-refractivity contribution in [2.24, 2.45) is 7.05 Å². The molecule has 2 aromatic rings. The Hall–Kier alpha value is -2.05. The van der Waals surface area contributed by atoms with Gasteiger partial charge in [-0.15, -0.1) is 0 Å². The molecular formula is C12H13F3N4. The van der Waals surface area contributed by atoms with Crippen molar-refractivity contribution >= 4 is 5.82 Å². The van der Waals surface area contributed by atoms with E-state index in [-0.39, 0.29) is 12.2 Å². The van der Waals surface area contributed by atoms with E-state index >= 15 is 0 Å². The molecule has 7 heteroatoms. The smallest absolute Gasteiger partial charge is 0.373 e. The number of nitrogens with one attached hydrogen (secondary N) is 1. The maximum absolute atomic E-state index is 12.8. The molecule has 19 heavy (non-hydrogen) atoms. The summed E-state index contributed by atoms with van der Waals surface area (Å²) < 4.78 is 40.0. The quantitative estimate of drug-likeness (QED) is 0.931. The number of hydrogen-bond donors (Lipinski definition) is 1. The van der Waals surface area contributed by atoms with Crippen LogP contribution in [0, 0.1) is 0 Å². The van der Waals surface area contributed by atoms with Gasteiger partial charge in [0, 0.05) is 32.9 Å². The molecule has 0 aliphatic rings. The molecule has 0 bridgehead atoms. The minimum absolute atomic E-state index is 0.194. The van der Waals surface area contributed by atoms with Crippen molar-refractivity contribution < 1.29 is 13.2 Å². The SMILES string of the molecule is CNc1cc(C(F)(F)F)cc(Cc2nccn2C)n1. The Morgan fingerprint density at radius 1 is 1.32 bits per heavy atom. The number of aromatic nitrogens is 3. The summed E-state index contributed by atoms with van der Waals surface area (Å²) in [5.41, 5.74) is -0.385. The highest BCUT2D eigenvalue weighted by Gasteiger charge is 2.31. The van der Waals surface area contributed by atoms with Gasteiger partial charge in [-0.25, -0.2) is 9.97 Å². The maximum Gasteiger partial charge on any atom is 0.416 e. The zero-order valence-electron chi connectivity index (χ0n) is 10.5. The Labute approximate surface area is 108 Å². The number of rotatable bonds is 3. The summed E-state index contributed by atoms with van der Waals surface area (Å²) in [4.78, 5) is 8.20. The molecule has 0 unspecified atom stereocenters. The van der Waals surface area contributed by atoms with Gasteiger partial charge in [0.25, 0.3) is 0 Å². The summed E-state index contributed by atoms with van der Waals surface area (Å²) in [6.45, 7) is 0. The van der Waals surface area contributed by atoms with Crippen molar-refractivity contribution in [1.82, 2.24) is 14.5 Å². The van der Waals surface area contributed by atoms with E-state index in [1.165, 1.54) is 7.05 Å². The van der Waals surface area contributed by atoms with E-state index in [1.807, 2.05) is 0 Å². The molecule has 1 N–H and O–H groups in total. The Morgan fingerprint density at radius 3 is 2.58 bits per heavy atom. The van der Waals surface area contributed by atoms with Crippen LogP contribution < -0.4 is 5.32 Å². The zero-order valence-corrected chi connectivity index (χ0v) is 10.5. The third-order valence-electron chi connectivity index (χ3n) is 2.72. The molecule has 0 amide bonds. The van der Waals surface area contributed by atoms with E-state index in [2.05, 4.69) is 15.3 Å². The van der Waals surface area contributed by atoms with Crippen LogP contribution in [0.3, 0.4) is 0 Å². The van der Waals surface area contributed by atoms with E-state index in [0.29, 0.717) is 11.5 Å². The Kier molecular flexibility index (Phi) is 3.46. The lowest BCUT2D eigenvalue weighted by molar-refractivity contribution is -0.137. The number of halogens is 3. The average molecular weight is 270 g/mol. The maximum atomic E-state index is 12.8. The number of pyridine rings is 1. The molecule has 0 fully saturated rings. The summed E-state index contributed by atoms with van der Waals surface area (Å²) in [5, 5.41) is 2.64. The molecule has 102 valence electrons. The topological polar surface area (TPSA) is 42.7 Å². The number of imidazole rings is 1. The van der Waals surface area contributed by atoms with Gasteiger partial charge >= 0.3 is 6.18 Å². The van der Waals surface area contributed by atoms with Crippen molar-refractivity contribution in [2.45, 2.75) is 12.6 Å². The number of aryl methyl sites for hydroxylation is 1. The first-order chi connectivity index (χ1) is 8.90. The van der Waals surface area contributed by atoms with E-state index in [9.17, 15) is 13.2 Å². The van der Waals surface area contributed by atoms with Crippen molar-refractivity contribution in [3.63, 3.8) is 0 Å². The third kappa shape index (κ3) is 3.04. The van der Waals surface area contributed by atoms with Gasteiger partial charge in [-0.2, -0.15) is 13.2 Å². The van der Waals surface area contributed by atoms with Gasteiger partial charge in [-0.05, 0) is 12.1 Å². The number of anilines is 1. The fraction of sp³-hybridized carbons (Fsp3) is 0.333. The second-order valence-corrected chi connectivity index (χ2v) is 4.11. The molecule has 0 aliphatic heterocycles. The molecule has 0 spiro atoms. The van der Waals surface area contributed by atoms with Gasteiger partial charge < -0.3 is 9.88 Å². The van der Waals surface area contributed by atoms with Crippen LogP contribution in [0.2, 0.25) is 0 Å². The van der Waals surface area contributed by atoms with Gasteiger partial charge in [0.1, 0.15) is 11.6 Å². The van der Waals surface area contributed by atoms with Gasteiger partial charge in [0.15, 0.2) is 0 Å². The highest BCUT2D eigenvalue weighted by Crippen LogP contribution is 2.31. The standard InChI is InChI=1S/C12H13F3N4/c1-16-10-6-8(12(13,14)15)5-9(18-10)7-11-17-3-4-19(11)2/h3-6H,7H2,1-2H3,(H,16,18). The minimum Gasteiger partial charge on any atom is -0.373 e. The molecule has 2 aromatic heterocycles. The second-order valence-electron chi connectivity index (χ2n) is 4.11. The van der Waals surface area contributed by atoms with Gasteiger partial charge in [0.2, 0.25) is 0 Å². The normalized spacial score (nSPS) is 11.6. The Balaban J connectivity index is 2.37. The van der Waals surface area contributed by atoms with Crippen LogP contribution >= 0.6 is 0 Å². The van der Waals surface area contributed by atoms with Crippen LogP contribution in [0.4, 0.5) is 19.0 Å². The molecule has 0 aliphatic carbocycles. The highest BCUT2D eigenvalue weighted by molar-refractivity contribution is 5.40. The largest absolute Gasteiger partial charge is 0.416 e. The summed E-state index contributed by atoms with van der Waals surface area (Å²) in [5.74, 6) is 0.855. The zero-order chi connectivity index (χ0) is 14.0. The van der Waals surface area contributed by atoms with Crippen molar-refractivity contribution in [3.8, 4) is 0 Å². The number of alkyl halides is 3. The van der Waals surface area contributed by atoms with E-state index in [1.54, 1.807) is 24.0 Å². The Bertz CT molecular complexity index is 575. The molecule has 2 rings (SSSR count). The van der Waals surface area contributed by atoms with Crippen LogP contribution in [-0.2, 0) is 19.6 Å². The molecule has 0 saturated heterocycles. The van der Waals surface area contributed by atoms with Gasteiger partial charge in [-0.1, -0.05) is 0 Å². The van der Waals surface area contributed by atoms with Gasteiger partial charge in [-0.3, -0.25) is 0 Å². The van der Waals surface area contributed by atoms with Crippen LogP contribution in [0.5, 0.6) is 0 Å². The van der Waals surface area contributed by atoms with Gasteiger partial charge in [0.05, 0.1) is 11.3 Å². The van der Waals surface area contributed by atoms with Crippen LogP contribution in [0.1, 0.15) is 17.1 Å². The van der Waals surface area contributed by atoms with E-state index < -0.39 is 11.7 Å². The number of nitrogens with zero attached hydrogens (tertiary/aromatic N) is 3. The molecule has 2 heterocycles. The summed E-state index contributed by atoms with van der Waals surface area (Å²) >= 11 is 0. The molecule has 0 radical (unpaired) electrons. The average Bonchev–Trinajstić information content (AvgIpc) is 2.73. The summed E-state index contributed by atoms with van der Waals surface area (Å²) in [7, 11) is 3.32. The predicted molar refractivity (Wildman–Crippen MR) is 64.8 cm³/mol. The molecule has 4 nitrogen and oxygen atoms in total. The first kappa shape index (κ1) is 13.4. The summed E-state index contributed by atoms with van der Waals surface area (Å²) in [6.07, 6.45) is -0.795. The molecule has 0 aromatic carbocycles. The lowest BCUT2D eigenvalue weighted by Crippen LogP contribution is -2.09. The van der Waals surface area contributed by atoms with Crippen molar-refractivity contribution in [2.75, 3.05) is 12.4 Å². The lowest BCUT2D eigenvalue weighted by atomic mass is 10.1. The minimum atomic E-state index is -4.38. The number of hydrogen-bond acceptors (Lipinski definition) is 3. The monoisotopic (exact) mass is 270 g/mol. The molecular weight excluding hydrogens is 257 g/mol. The molecule has 0 saturated carbocycles. The van der Waals surface area contributed by atoms with Crippen molar-refractivity contribution in [3.05, 3.63) is 41.6 Å². The first-order valence-electron chi connectivity index (χ1n) is 5.62. The predicted octanol–water partition coefficient (Wildman–Crippen LogP) is 2.47. The molecule has 0 atom stereocenters. The second kappa shape index (κ2) is 4.91. The van der Waals surface area contributed by atoms with E-state index in [0.717, 1.165) is 12.1 Å². The van der Waals surface area contributed by atoms with Crippen LogP contribution in [-0.4, -0.2) is 21.6 Å². The summed E-state index contributed by atoms with van der Waals surface area (Å²) in [6, 6.07) is 2.04. The fourth-order valence-electron chi connectivity index (χ4n) is 1.70. The third-order valence-corrected chi connectivity index (χ3v) is 2.72. The van der Waals surface area contributed by atoms with E-state index in [4.69, 9.17) is 0 Å². The van der Waals surface area contributed by atoms with Crippen LogP contribution in [0.15, 0.2) is 24.5 Å². The Morgan fingerprint density at radius 2 is 2.05 bits per heavy atom. The fourth-order valence-corrected chi connectivity index (χ4v) is 1.70.